The van der Waals surface area contributed by atoms with Gasteiger partial charge in [-0.1, -0.05) is 42.0 Å². The van der Waals surface area contributed by atoms with Gasteiger partial charge >= 0.3 is 0 Å². The summed E-state index contributed by atoms with van der Waals surface area (Å²) in [6, 6.07) is 14.9. The SMILES string of the molecule is CCOC(=S)CS(=O)(=O)c1ccc(-c2ccc(C)cc2)cc1. The quantitative estimate of drug-likeness (QED) is 0.780. The first-order chi connectivity index (χ1) is 10.4. The summed E-state index contributed by atoms with van der Waals surface area (Å²) in [6.07, 6.45) is 0. The van der Waals surface area contributed by atoms with Crippen molar-refractivity contribution in [2.75, 3.05) is 12.4 Å². The fourth-order valence-corrected chi connectivity index (χ4v) is 3.74. The molecular weight excluding hydrogens is 316 g/mol. The predicted molar refractivity (Wildman–Crippen MR) is 92.9 cm³/mol. The fourth-order valence-electron chi connectivity index (χ4n) is 2.04. The minimum atomic E-state index is -3.45. The van der Waals surface area contributed by atoms with Crippen LogP contribution in [-0.4, -0.2) is 25.8 Å². The van der Waals surface area contributed by atoms with Crippen molar-refractivity contribution in [3.63, 3.8) is 0 Å². The summed E-state index contributed by atoms with van der Waals surface area (Å²) in [7, 11) is -3.45. The van der Waals surface area contributed by atoms with Gasteiger partial charge in [0.05, 0.1) is 11.5 Å². The highest BCUT2D eigenvalue weighted by molar-refractivity contribution is 7.93. The average Bonchev–Trinajstić information content (AvgIpc) is 2.48. The van der Waals surface area contributed by atoms with Gasteiger partial charge in [0.25, 0.3) is 0 Å². The maximum absolute atomic E-state index is 12.2. The lowest BCUT2D eigenvalue weighted by molar-refractivity contribution is 0.334. The van der Waals surface area contributed by atoms with Crippen LogP contribution < -0.4 is 0 Å². The van der Waals surface area contributed by atoms with Gasteiger partial charge in [0.1, 0.15) is 5.75 Å². The van der Waals surface area contributed by atoms with Crippen LogP contribution in [0.15, 0.2) is 53.4 Å². The van der Waals surface area contributed by atoms with Crippen LogP contribution in [0.3, 0.4) is 0 Å². The summed E-state index contributed by atoms with van der Waals surface area (Å²) in [5.74, 6) is -0.264. The minimum Gasteiger partial charge on any atom is -0.486 e. The van der Waals surface area contributed by atoms with E-state index in [0.717, 1.165) is 11.1 Å². The van der Waals surface area contributed by atoms with Gasteiger partial charge in [-0.05, 0) is 49.3 Å². The summed E-state index contributed by atoms with van der Waals surface area (Å²) < 4.78 is 29.5. The van der Waals surface area contributed by atoms with Gasteiger partial charge in [-0.15, -0.1) is 0 Å². The lowest BCUT2D eigenvalue weighted by atomic mass is 10.0. The Morgan fingerprint density at radius 2 is 1.50 bits per heavy atom. The van der Waals surface area contributed by atoms with E-state index in [1.54, 1.807) is 31.2 Å². The number of hydrogen-bond donors (Lipinski definition) is 0. The highest BCUT2D eigenvalue weighted by Gasteiger charge is 2.17. The summed E-state index contributed by atoms with van der Waals surface area (Å²) >= 11 is 4.91. The Hall–Kier alpha value is -1.72. The van der Waals surface area contributed by atoms with Gasteiger partial charge in [-0.25, -0.2) is 8.42 Å². The molecule has 0 N–H and O–H groups in total. The zero-order valence-corrected chi connectivity index (χ0v) is 14.2. The molecule has 0 saturated carbocycles. The number of rotatable bonds is 5. The van der Waals surface area contributed by atoms with Crippen LogP contribution in [0.1, 0.15) is 12.5 Å². The van der Waals surface area contributed by atoms with Crippen molar-refractivity contribution in [2.45, 2.75) is 18.7 Å². The molecule has 2 aromatic rings. The first-order valence-corrected chi connectivity index (χ1v) is 9.04. The van der Waals surface area contributed by atoms with Crippen molar-refractivity contribution in [1.82, 2.24) is 0 Å². The molecule has 5 heteroatoms. The van der Waals surface area contributed by atoms with Crippen molar-refractivity contribution in [3.05, 3.63) is 54.1 Å². The molecule has 0 radical (unpaired) electrons. The first-order valence-electron chi connectivity index (χ1n) is 6.98. The zero-order valence-electron chi connectivity index (χ0n) is 12.6. The van der Waals surface area contributed by atoms with Crippen LogP contribution >= 0.6 is 12.2 Å². The van der Waals surface area contributed by atoms with Crippen molar-refractivity contribution in [1.29, 1.82) is 0 Å². The third kappa shape index (κ3) is 4.15. The van der Waals surface area contributed by atoms with E-state index in [4.69, 9.17) is 17.0 Å². The Morgan fingerprint density at radius 1 is 1.00 bits per heavy atom. The Labute approximate surface area is 136 Å². The standard InChI is InChI=1S/C17H18O3S2/c1-3-20-17(21)12-22(18,19)16-10-8-15(9-11-16)14-6-4-13(2)5-7-14/h4-11H,3,12H2,1-2H3. The van der Waals surface area contributed by atoms with Gasteiger partial charge < -0.3 is 4.74 Å². The molecule has 0 unspecified atom stereocenters. The zero-order chi connectivity index (χ0) is 16.2. The monoisotopic (exact) mass is 334 g/mol. The predicted octanol–water partition coefficient (Wildman–Crippen LogP) is 3.80. The van der Waals surface area contributed by atoms with Gasteiger partial charge in [0, 0.05) is 0 Å². The molecule has 0 aliphatic heterocycles. The molecular formula is C17H18O3S2. The van der Waals surface area contributed by atoms with Crippen molar-refractivity contribution in [3.8, 4) is 11.1 Å². The van der Waals surface area contributed by atoms with Crippen LogP contribution in [0, 0.1) is 6.92 Å². The molecule has 3 nitrogen and oxygen atoms in total. The first kappa shape index (κ1) is 16.6. The second kappa shape index (κ2) is 7.03. The molecule has 22 heavy (non-hydrogen) atoms. The second-order valence-electron chi connectivity index (χ2n) is 4.95. The van der Waals surface area contributed by atoms with Gasteiger partial charge in [0.2, 0.25) is 0 Å². The summed E-state index contributed by atoms with van der Waals surface area (Å²) in [5.41, 5.74) is 3.22. The Balaban J connectivity index is 2.21. The van der Waals surface area contributed by atoms with Crippen molar-refractivity contribution in [2.24, 2.45) is 0 Å². The Kier molecular flexibility index (Phi) is 5.32. The molecule has 0 bridgehead atoms. The van der Waals surface area contributed by atoms with Crippen LogP contribution in [0.5, 0.6) is 0 Å². The van der Waals surface area contributed by atoms with Crippen LogP contribution in [0.2, 0.25) is 0 Å². The highest BCUT2D eigenvalue weighted by Crippen LogP contribution is 2.22. The maximum atomic E-state index is 12.2. The molecule has 0 aliphatic carbocycles. The number of thiocarbonyl (C=S) groups is 1. The summed E-state index contributed by atoms with van der Waals surface area (Å²) in [6.45, 7) is 4.18. The molecule has 116 valence electrons. The molecule has 0 spiro atoms. The number of sulfone groups is 1. The van der Waals surface area contributed by atoms with Gasteiger partial charge in [-0.2, -0.15) is 0 Å². The average molecular weight is 334 g/mol. The Morgan fingerprint density at radius 3 is 2.00 bits per heavy atom. The van der Waals surface area contributed by atoms with E-state index in [1.807, 2.05) is 31.2 Å². The minimum absolute atomic E-state index is 0.102. The topological polar surface area (TPSA) is 43.4 Å². The molecule has 0 amide bonds. The number of ether oxygens (including phenoxy) is 1. The van der Waals surface area contributed by atoms with E-state index >= 15 is 0 Å². The van der Waals surface area contributed by atoms with E-state index in [-0.39, 0.29) is 15.7 Å². The molecule has 2 rings (SSSR count). The maximum Gasteiger partial charge on any atom is 0.186 e. The molecule has 2 aromatic carbocycles. The fraction of sp³-hybridized carbons (Fsp3) is 0.235. The summed E-state index contributed by atoms with van der Waals surface area (Å²) in [4.78, 5) is 0.255. The molecule has 0 fully saturated rings. The summed E-state index contributed by atoms with van der Waals surface area (Å²) in [5, 5.41) is 0.102. The third-order valence-corrected chi connectivity index (χ3v) is 5.29. The van der Waals surface area contributed by atoms with Crippen molar-refractivity contribution >= 4 is 27.1 Å². The lowest BCUT2D eigenvalue weighted by Gasteiger charge is -2.08. The van der Waals surface area contributed by atoms with Crippen LogP contribution in [-0.2, 0) is 14.6 Å². The second-order valence-corrected chi connectivity index (χ2v) is 7.40. The molecule has 0 heterocycles. The number of aryl methyl sites for hydroxylation is 1. The van der Waals surface area contributed by atoms with E-state index in [1.165, 1.54) is 5.56 Å². The number of hydrogen-bond acceptors (Lipinski definition) is 4. The van der Waals surface area contributed by atoms with Gasteiger partial charge in [-0.3, -0.25) is 0 Å². The Bertz CT molecular complexity index is 745. The molecule has 0 atom stereocenters. The van der Waals surface area contributed by atoms with E-state index in [9.17, 15) is 8.42 Å². The normalized spacial score (nSPS) is 11.2. The lowest BCUT2D eigenvalue weighted by Crippen LogP contribution is -2.17. The largest absolute Gasteiger partial charge is 0.486 e. The van der Waals surface area contributed by atoms with Crippen molar-refractivity contribution < 1.29 is 13.2 Å². The molecule has 0 aromatic heterocycles. The third-order valence-electron chi connectivity index (χ3n) is 3.21. The molecule has 0 saturated heterocycles. The highest BCUT2D eigenvalue weighted by atomic mass is 32.2. The van der Waals surface area contributed by atoms with Gasteiger partial charge in [0.15, 0.2) is 14.9 Å². The number of benzene rings is 2. The smallest absolute Gasteiger partial charge is 0.186 e. The van der Waals surface area contributed by atoms with Crippen LogP contribution in [0.25, 0.3) is 11.1 Å². The van der Waals surface area contributed by atoms with E-state index in [2.05, 4.69) is 0 Å². The van der Waals surface area contributed by atoms with Crippen LogP contribution in [0.4, 0.5) is 0 Å². The van der Waals surface area contributed by atoms with E-state index in [0.29, 0.717) is 6.61 Å². The molecule has 0 aliphatic rings. The van der Waals surface area contributed by atoms with E-state index < -0.39 is 9.84 Å².